The van der Waals surface area contributed by atoms with E-state index in [9.17, 15) is 37.5 Å². The van der Waals surface area contributed by atoms with Crippen LogP contribution in [0.25, 0.3) is 0 Å². The Morgan fingerprint density at radius 2 is 1.46 bits per heavy atom. The van der Waals surface area contributed by atoms with Crippen molar-refractivity contribution >= 4 is 85.7 Å². The Morgan fingerprint density at radius 1 is 0.860 bits per heavy atom. The van der Waals surface area contributed by atoms with E-state index in [0.29, 0.717) is 5.02 Å². The van der Waals surface area contributed by atoms with Crippen LogP contribution in [-0.2, 0) is 19.2 Å². The van der Waals surface area contributed by atoms with E-state index in [2.05, 4.69) is 15.9 Å². The van der Waals surface area contributed by atoms with E-state index >= 15 is 8.78 Å². The van der Waals surface area contributed by atoms with Gasteiger partial charge >= 0.3 is 0 Å². The number of hydrogen-bond acceptors (Lipinski definition) is 6. The van der Waals surface area contributed by atoms with E-state index in [1.54, 1.807) is 6.08 Å². The number of anilines is 2. The maximum atomic E-state index is 15.2. The van der Waals surface area contributed by atoms with E-state index in [-0.39, 0.29) is 44.1 Å². The molecular formula is C33H19BrCl3F5N2O6. The summed E-state index contributed by atoms with van der Waals surface area (Å²) >= 11 is 23.5. The standard InChI is InChI=1S/C33H19BrCl3F5N2O6/c1-50-18-9-11(8-17(34)27(18)45)20-14-6-7-15-19(29(47)43(28(15)46)13-4-2-12(35)3-5-13)16(14)10-32(36)30(48)44(31(49)33(20,32)37)26-24(41)22(39)21(38)23(40)25(26)42/h2-6,8-9,15-16,19-20,45H,7,10H2,1H3/t15-,16+,19-,20-,32+,33-/m0/s1. The molecule has 0 unspecified atom stereocenters. The molecule has 2 saturated heterocycles. The quantitative estimate of drug-likeness (QED) is 0.0742. The van der Waals surface area contributed by atoms with Crippen LogP contribution in [0.2, 0.25) is 5.02 Å². The molecule has 2 aliphatic carbocycles. The molecule has 4 aliphatic rings. The number of allylic oxidation sites excluding steroid dienone is 2. The number of fused-ring (bicyclic) bond motifs is 4. The summed E-state index contributed by atoms with van der Waals surface area (Å²) in [6.45, 7) is 0. The zero-order valence-electron chi connectivity index (χ0n) is 25.0. The molecule has 50 heavy (non-hydrogen) atoms. The zero-order chi connectivity index (χ0) is 36.4. The zero-order valence-corrected chi connectivity index (χ0v) is 28.9. The fourth-order valence-corrected chi connectivity index (χ4v) is 9.22. The van der Waals surface area contributed by atoms with Crippen molar-refractivity contribution in [3.63, 3.8) is 0 Å². The molecule has 0 bridgehead atoms. The number of methoxy groups -OCH3 is 1. The number of phenolic OH excluding ortho intramolecular Hbond substituents is 1. The Labute approximate surface area is 302 Å². The molecule has 1 N–H and O–H groups in total. The van der Waals surface area contributed by atoms with Crippen LogP contribution in [0.4, 0.5) is 33.3 Å². The van der Waals surface area contributed by atoms with Gasteiger partial charge < -0.3 is 9.84 Å². The molecule has 0 spiro atoms. The second kappa shape index (κ2) is 11.7. The number of amides is 4. The van der Waals surface area contributed by atoms with Crippen LogP contribution < -0.4 is 14.5 Å². The first kappa shape index (κ1) is 34.7. The Hall–Kier alpha value is -3.72. The summed E-state index contributed by atoms with van der Waals surface area (Å²) in [5, 5.41) is 10.9. The fraction of sp³-hybridized carbons (Fsp3) is 0.273. The highest BCUT2D eigenvalue weighted by Gasteiger charge is 2.77. The molecule has 6 atom stereocenters. The number of benzene rings is 3. The van der Waals surface area contributed by atoms with Crippen molar-refractivity contribution in [1.82, 2.24) is 0 Å². The summed E-state index contributed by atoms with van der Waals surface area (Å²) in [6.07, 6.45) is 0.839. The molecule has 260 valence electrons. The highest BCUT2D eigenvalue weighted by molar-refractivity contribution is 9.10. The average molecular weight is 821 g/mol. The third-order valence-corrected chi connectivity index (χ3v) is 12.2. The molecule has 1 saturated carbocycles. The highest BCUT2D eigenvalue weighted by Crippen LogP contribution is 2.66. The van der Waals surface area contributed by atoms with Crippen LogP contribution in [-0.4, -0.2) is 45.6 Å². The molecule has 2 aliphatic heterocycles. The number of alkyl halides is 2. The van der Waals surface area contributed by atoms with Crippen LogP contribution >= 0.6 is 50.7 Å². The number of nitrogens with zero attached hydrogens (tertiary/aromatic N) is 2. The lowest BCUT2D eigenvalue weighted by Gasteiger charge is -2.50. The Balaban J connectivity index is 1.45. The summed E-state index contributed by atoms with van der Waals surface area (Å²) in [6, 6.07) is 8.43. The normalized spacial score (nSPS) is 28.9. The number of hydrogen-bond donors (Lipinski definition) is 1. The van der Waals surface area contributed by atoms with Crippen LogP contribution in [0.1, 0.15) is 24.3 Å². The maximum Gasteiger partial charge on any atom is 0.258 e. The molecule has 3 aromatic rings. The Kier molecular flexibility index (Phi) is 8.09. The summed E-state index contributed by atoms with van der Waals surface area (Å²) in [7, 11) is 1.21. The van der Waals surface area contributed by atoms with E-state index in [0.717, 1.165) is 4.90 Å². The largest absolute Gasteiger partial charge is 0.503 e. The SMILES string of the molecule is COc1cc([C@H]2C3=CC[C@@H]4C(=O)N(c5ccc(Cl)cc5)C(=O)[C@@H]4[C@@H]3C[C@@]3(Cl)C(=O)N(c4c(F)c(F)c(F)c(F)c4F)C(=O)[C@@]23Cl)cc(Br)c1O. The van der Waals surface area contributed by atoms with Gasteiger partial charge in [0.1, 0.15) is 5.69 Å². The van der Waals surface area contributed by atoms with E-state index < -0.39 is 98.2 Å². The van der Waals surface area contributed by atoms with Gasteiger partial charge in [-0.2, -0.15) is 0 Å². The lowest BCUT2D eigenvalue weighted by molar-refractivity contribution is -0.125. The van der Waals surface area contributed by atoms with Crippen molar-refractivity contribution in [3.05, 3.63) is 92.2 Å². The van der Waals surface area contributed by atoms with Gasteiger partial charge in [-0.05, 0) is 76.7 Å². The molecule has 17 heteroatoms. The Morgan fingerprint density at radius 3 is 2.06 bits per heavy atom. The van der Waals surface area contributed by atoms with Gasteiger partial charge in [-0.1, -0.05) is 23.3 Å². The summed E-state index contributed by atoms with van der Waals surface area (Å²) in [4.78, 5) is 51.9. The fourth-order valence-electron chi connectivity index (χ4n) is 7.70. The van der Waals surface area contributed by atoms with Gasteiger partial charge in [0.2, 0.25) is 17.6 Å². The van der Waals surface area contributed by atoms with Gasteiger partial charge in [-0.15, -0.1) is 23.2 Å². The summed E-state index contributed by atoms with van der Waals surface area (Å²) in [5.41, 5.74) is -1.40. The minimum absolute atomic E-state index is 0.0122. The van der Waals surface area contributed by atoms with Crippen molar-refractivity contribution in [2.24, 2.45) is 17.8 Å². The van der Waals surface area contributed by atoms with Gasteiger partial charge in [0.25, 0.3) is 11.8 Å². The minimum Gasteiger partial charge on any atom is -0.503 e. The van der Waals surface area contributed by atoms with Crippen LogP contribution in [0.15, 0.2) is 52.5 Å². The number of carbonyl (C=O) groups is 4. The number of phenols is 1. The summed E-state index contributed by atoms with van der Waals surface area (Å²) < 4.78 is 78.7. The van der Waals surface area contributed by atoms with Crippen molar-refractivity contribution in [2.75, 3.05) is 16.9 Å². The number of rotatable bonds is 4. The smallest absolute Gasteiger partial charge is 0.258 e. The number of carbonyl (C=O) groups excluding carboxylic acids is 4. The third-order valence-electron chi connectivity index (χ3n) is 9.91. The van der Waals surface area contributed by atoms with Crippen molar-refractivity contribution in [1.29, 1.82) is 0 Å². The van der Waals surface area contributed by atoms with E-state index in [1.807, 2.05) is 0 Å². The molecule has 8 nitrogen and oxygen atoms in total. The predicted octanol–water partition coefficient (Wildman–Crippen LogP) is 7.28. The summed E-state index contributed by atoms with van der Waals surface area (Å²) in [5.74, 6) is -22.2. The third kappa shape index (κ3) is 4.40. The molecule has 4 amide bonds. The molecule has 3 fully saturated rings. The number of halogens is 9. The molecule has 3 aromatic carbocycles. The average Bonchev–Trinajstić information content (AvgIpc) is 3.42. The molecule has 7 rings (SSSR count). The van der Waals surface area contributed by atoms with Crippen LogP contribution in [0.3, 0.4) is 0 Å². The highest BCUT2D eigenvalue weighted by atomic mass is 79.9. The van der Waals surface area contributed by atoms with Crippen molar-refractivity contribution < 1.29 is 51.0 Å². The Bertz CT molecular complexity index is 2090. The van der Waals surface area contributed by atoms with Crippen molar-refractivity contribution in [3.8, 4) is 11.5 Å². The molecule has 2 heterocycles. The number of ether oxygens (including phenoxy) is 1. The lowest BCUT2D eigenvalue weighted by atomic mass is 9.56. The minimum atomic E-state index is -2.73. The van der Waals surface area contributed by atoms with Gasteiger partial charge in [0, 0.05) is 10.9 Å². The van der Waals surface area contributed by atoms with Crippen LogP contribution in [0, 0.1) is 46.8 Å². The van der Waals surface area contributed by atoms with Gasteiger partial charge in [0.15, 0.2) is 44.5 Å². The van der Waals surface area contributed by atoms with Gasteiger partial charge in [-0.25, -0.2) is 26.9 Å². The first-order chi connectivity index (χ1) is 23.5. The number of aromatic hydroxyl groups is 1. The van der Waals surface area contributed by atoms with Gasteiger partial charge in [0.05, 0.1) is 29.1 Å². The van der Waals surface area contributed by atoms with Crippen molar-refractivity contribution in [2.45, 2.75) is 28.5 Å². The molecular weight excluding hydrogens is 802 g/mol. The lowest BCUT2D eigenvalue weighted by Crippen LogP contribution is -2.60. The number of imide groups is 2. The van der Waals surface area contributed by atoms with E-state index in [4.69, 9.17) is 39.5 Å². The van der Waals surface area contributed by atoms with E-state index in [1.165, 1.54) is 43.5 Å². The van der Waals surface area contributed by atoms with Crippen LogP contribution in [0.5, 0.6) is 11.5 Å². The predicted molar refractivity (Wildman–Crippen MR) is 173 cm³/mol. The monoisotopic (exact) mass is 818 g/mol. The topological polar surface area (TPSA) is 104 Å². The maximum absolute atomic E-state index is 15.2. The molecule has 0 radical (unpaired) electrons. The first-order valence-electron chi connectivity index (χ1n) is 14.7. The van der Waals surface area contributed by atoms with Gasteiger partial charge in [-0.3, -0.25) is 24.1 Å². The molecule has 0 aromatic heterocycles. The second-order valence-electron chi connectivity index (χ2n) is 12.2. The first-order valence-corrected chi connectivity index (χ1v) is 16.6. The second-order valence-corrected chi connectivity index (χ2v) is 14.8.